The smallest absolute Gasteiger partial charge is 0.177 e. The Bertz CT molecular complexity index is 418. The molecule has 0 atom stereocenters. The predicted molar refractivity (Wildman–Crippen MR) is 60.6 cm³/mol. The lowest BCUT2D eigenvalue weighted by molar-refractivity contribution is -0.202. The van der Waals surface area contributed by atoms with E-state index in [1.807, 2.05) is 0 Å². The molecule has 1 spiro atoms. The SMILES string of the molecule is Cn1nnc(CC2(O)CCC3(CC2)OCCO3)n1. The molecule has 1 N–H and O–H groups in total. The topological polar surface area (TPSA) is 82.3 Å². The lowest BCUT2D eigenvalue weighted by Crippen LogP contribution is -2.45. The first kappa shape index (κ1) is 12.0. The third-order valence-electron chi connectivity index (χ3n) is 3.79. The molecule has 1 aromatic rings. The molecule has 1 saturated heterocycles. The normalized spacial score (nSPS) is 25.7. The van der Waals surface area contributed by atoms with E-state index in [1.54, 1.807) is 7.05 Å². The van der Waals surface area contributed by atoms with Gasteiger partial charge in [0.15, 0.2) is 11.6 Å². The first-order valence-electron chi connectivity index (χ1n) is 6.32. The van der Waals surface area contributed by atoms with Gasteiger partial charge in [0.25, 0.3) is 0 Å². The Hall–Kier alpha value is -1.05. The molecule has 1 aromatic heterocycles. The minimum Gasteiger partial charge on any atom is -0.389 e. The van der Waals surface area contributed by atoms with Gasteiger partial charge in [0.1, 0.15) is 0 Å². The molecular weight excluding hydrogens is 236 g/mol. The number of hydrogen-bond donors (Lipinski definition) is 1. The van der Waals surface area contributed by atoms with Crippen molar-refractivity contribution < 1.29 is 14.6 Å². The Morgan fingerprint density at radius 1 is 1.22 bits per heavy atom. The van der Waals surface area contributed by atoms with E-state index in [4.69, 9.17) is 9.47 Å². The van der Waals surface area contributed by atoms with Crippen LogP contribution in [-0.4, -0.2) is 49.9 Å². The van der Waals surface area contributed by atoms with Gasteiger partial charge in [0, 0.05) is 19.3 Å². The molecule has 18 heavy (non-hydrogen) atoms. The van der Waals surface area contributed by atoms with Crippen LogP contribution in [0, 0.1) is 0 Å². The average Bonchev–Trinajstić information content (AvgIpc) is 2.94. The average molecular weight is 254 g/mol. The van der Waals surface area contributed by atoms with E-state index in [0.29, 0.717) is 38.3 Å². The highest BCUT2D eigenvalue weighted by Gasteiger charge is 2.45. The molecule has 0 aromatic carbocycles. The lowest BCUT2D eigenvalue weighted by Gasteiger charge is -2.40. The van der Waals surface area contributed by atoms with E-state index in [1.165, 1.54) is 4.80 Å². The van der Waals surface area contributed by atoms with Crippen LogP contribution in [0.15, 0.2) is 0 Å². The maximum Gasteiger partial charge on any atom is 0.177 e. The Balaban J connectivity index is 1.63. The van der Waals surface area contributed by atoms with Crippen molar-refractivity contribution in [3.05, 3.63) is 5.82 Å². The zero-order chi connectivity index (χ0) is 12.6. The molecule has 2 aliphatic rings. The summed E-state index contributed by atoms with van der Waals surface area (Å²) in [5, 5.41) is 22.4. The predicted octanol–water partition coefficient (Wildman–Crippen LogP) is -0.199. The number of aryl methyl sites for hydroxylation is 1. The minimum atomic E-state index is -0.760. The molecule has 100 valence electrons. The summed E-state index contributed by atoms with van der Waals surface area (Å²) in [5.74, 6) is 0.145. The molecular formula is C11H18N4O3. The van der Waals surface area contributed by atoms with Crippen LogP contribution in [0.25, 0.3) is 0 Å². The van der Waals surface area contributed by atoms with Crippen molar-refractivity contribution in [2.24, 2.45) is 7.05 Å². The van der Waals surface area contributed by atoms with E-state index in [0.717, 1.165) is 12.8 Å². The molecule has 7 nitrogen and oxygen atoms in total. The standard InChI is InChI=1S/C11H18N4O3/c1-15-13-9(12-14-15)8-10(16)2-4-11(5-3-10)17-6-7-18-11/h16H,2-8H2,1H3. The summed E-state index contributed by atoms with van der Waals surface area (Å²) < 4.78 is 11.3. The number of hydrogen-bond acceptors (Lipinski definition) is 6. The van der Waals surface area contributed by atoms with Crippen LogP contribution in [0.2, 0.25) is 0 Å². The first-order chi connectivity index (χ1) is 8.59. The summed E-state index contributed by atoms with van der Waals surface area (Å²) in [6.45, 7) is 1.31. The Kier molecular flexibility index (Phi) is 2.84. The minimum absolute atomic E-state index is 0.441. The number of nitrogens with zero attached hydrogens (tertiary/aromatic N) is 4. The van der Waals surface area contributed by atoms with Crippen LogP contribution >= 0.6 is 0 Å². The Labute approximate surface area is 105 Å². The maximum absolute atomic E-state index is 10.5. The monoisotopic (exact) mass is 254 g/mol. The van der Waals surface area contributed by atoms with Gasteiger partial charge in [-0.3, -0.25) is 0 Å². The first-order valence-corrected chi connectivity index (χ1v) is 6.32. The van der Waals surface area contributed by atoms with Crippen molar-refractivity contribution in [2.45, 2.75) is 43.5 Å². The van der Waals surface area contributed by atoms with Crippen LogP contribution < -0.4 is 0 Å². The zero-order valence-electron chi connectivity index (χ0n) is 10.5. The molecule has 2 heterocycles. The molecule has 1 aliphatic carbocycles. The van der Waals surface area contributed by atoms with Gasteiger partial charge in [-0.25, -0.2) is 0 Å². The lowest BCUT2D eigenvalue weighted by atomic mass is 9.79. The number of aromatic nitrogens is 4. The van der Waals surface area contributed by atoms with Crippen molar-refractivity contribution in [1.29, 1.82) is 0 Å². The highest BCUT2D eigenvalue weighted by Crippen LogP contribution is 2.41. The number of rotatable bonds is 2. The van der Waals surface area contributed by atoms with Gasteiger partial charge in [-0.2, -0.15) is 4.80 Å². The molecule has 0 bridgehead atoms. The van der Waals surface area contributed by atoms with Crippen molar-refractivity contribution in [3.63, 3.8) is 0 Å². The number of aliphatic hydroxyl groups is 1. The van der Waals surface area contributed by atoms with Crippen molar-refractivity contribution in [2.75, 3.05) is 13.2 Å². The Morgan fingerprint density at radius 2 is 1.89 bits per heavy atom. The molecule has 7 heteroatoms. The summed E-state index contributed by atoms with van der Waals surface area (Å²) in [5.41, 5.74) is -0.760. The Morgan fingerprint density at radius 3 is 2.44 bits per heavy atom. The molecule has 1 saturated carbocycles. The van der Waals surface area contributed by atoms with E-state index in [-0.39, 0.29) is 0 Å². The number of ether oxygens (including phenoxy) is 2. The van der Waals surface area contributed by atoms with Crippen LogP contribution in [-0.2, 0) is 22.9 Å². The second-order valence-corrected chi connectivity index (χ2v) is 5.20. The summed E-state index contributed by atoms with van der Waals surface area (Å²) in [4.78, 5) is 1.41. The van der Waals surface area contributed by atoms with Gasteiger partial charge in [-0.15, -0.1) is 10.2 Å². The second-order valence-electron chi connectivity index (χ2n) is 5.20. The molecule has 2 fully saturated rings. The summed E-state index contributed by atoms with van der Waals surface area (Å²) in [6, 6.07) is 0. The van der Waals surface area contributed by atoms with E-state index < -0.39 is 11.4 Å². The quantitative estimate of drug-likeness (QED) is 0.787. The summed E-state index contributed by atoms with van der Waals surface area (Å²) >= 11 is 0. The largest absolute Gasteiger partial charge is 0.389 e. The fraction of sp³-hybridized carbons (Fsp3) is 0.909. The van der Waals surface area contributed by atoms with Crippen molar-refractivity contribution in [1.82, 2.24) is 20.2 Å². The van der Waals surface area contributed by atoms with Crippen LogP contribution in [0.3, 0.4) is 0 Å². The van der Waals surface area contributed by atoms with Gasteiger partial charge in [0.05, 0.1) is 25.9 Å². The van der Waals surface area contributed by atoms with Gasteiger partial charge < -0.3 is 14.6 Å². The molecule has 1 aliphatic heterocycles. The van der Waals surface area contributed by atoms with E-state index in [2.05, 4.69) is 15.4 Å². The second kappa shape index (κ2) is 4.25. The van der Waals surface area contributed by atoms with E-state index >= 15 is 0 Å². The molecule has 0 amide bonds. The van der Waals surface area contributed by atoms with E-state index in [9.17, 15) is 5.11 Å². The highest BCUT2D eigenvalue weighted by atomic mass is 16.7. The van der Waals surface area contributed by atoms with Gasteiger partial charge in [-0.1, -0.05) is 0 Å². The highest BCUT2D eigenvalue weighted by molar-refractivity contribution is 4.97. The van der Waals surface area contributed by atoms with Crippen LogP contribution in [0.1, 0.15) is 31.5 Å². The number of tetrazole rings is 1. The zero-order valence-corrected chi connectivity index (χ0v) is 10.5. The van der Waals surface area contributed by atoms with Crippen molar-refractivity contribution in [3.8, 4) is 0 Å². The molecule has 0 radical (unpaired) electrons. The van der Waals surface area contributed by atoms with Gasteiger partial charge >= 0.3 is 0 Å². The van der Waals surface area contributed by atoms with Crippen LogP contribution in [0.4, 0.5) is 0 Å². The fourth-order valence-electron chi connectivity index (χ4n) is 2.75. The molecule has 0 unspecified atom stereocenters. The fourth-order valence-corrected chi connectivity index (χ4v) is 2.75. The maximum atomic E-state index is 10.5. The van der Waals surface area contributed by atoms with Gasteiger partial charge in [0.2, 0.25) is 0 Å². The summed E-state index contributed by atoms with van der Waals surface area (Å²) in [6.07, 6.45) is 3.18. The summed E-state index contributed by atoms with van der Waals surface area (Å²) in [7, 11) is 1.72. The third kappa shape index (κ3) is 2.25. The molecule has 3 rings (SSSR count). The third-order valence-corrected chi connectivity index (χ3v) is 3.79. The van der Waals surface area contributed by atoms with Crippen LogP contribution in [0.5, 0.6) is 0 Å². The van der Waals surface area contributed by atoms with Gasteiger partial charge in [-0.05, 0) is 18.1 Å². The van der Waals surface area contributed by atoms with Crippen molar-refractivity contribution >= 4 is 0 Å².